The highest BCUT2D eigenvalue weighted by Gasteiger charge is 2.36. The van der Waals surface area contributed by atoms with Crippen molar-refractivity contribution in [1.29, 1.82) is 0 Å². The van der Waals surface area contributed by atoms with Gasteiger partial charge in [0.2, 0.25) is 5.85 Å². The van der Waals surface area contributed by atoms with Gasteiger partial charge < -0.3 is 15.3 Å². The summed E-state index contributed by atoms with van der Waals surface area (Å²) < 4.78 is 0. The summed E-state index contributed by atoms with van der Waals surface area (Å²) in [4.78, 5) is 1.99. The maximum atomic E-state index is 10.8. The number of nitrogens with zero attached hydrogens (tertiary/aromatic N) is 1. The minimum absolute atomic E-state index is 0.876. The lowest BCUT2D eigenvalue weighted by Crippen LogP contribution is -2.48. The number of aliphatic hydroxyl groups is 1. The van der Waals surface area contributed by atoms with Gasteiger partial charge in [0.25, 0.3) is 0 Å². The van der Waals surface area contributed by atoms with Crippen molar-refractivity contribution in [1.82, 2.24) is 10.2 Å². The van der Waals surface area contributed by atoms with Crippen molar-refractivity contribution >= 4 is 0 Å². The van der Waals surface area contributed by atoms with Gasteiger partial charge in [-0.2, -0.15) is 0 Å². The molecule has 0 radical (unpaired) electrons. The van der Waals surface area contributed by atoms with Crippen molar-refractivity contribution in [3.63, 3.8) is 0 Å². The van der Waals surface area contributed by atoms with Gasteiger partial charge >= 0.3 is 0 Å². The first kappa shape index (κ1) is 14.9. The highest BCUT2D eigenvalue weighted by molar-refractivity contribution is 5.24. The van der Waals surface area contributed by atoms with E-state index >= 15 is 0 Å². The Labute approximate surface area is 122 Å². The second-order valence-electron chi connectivity index (χ2n) is 5.46. The van der Waals surface area contributed by atoms with Gasteiger partial charge in [0.15, 0.2) is 0 Å². The Morgan fingerprint density at radius 3 is 2.50 bits per heavy atom. The van der Waals surface area contributed by atoms with Crippen LogP contribution in [0.1, 0.15) is 51.0 Å². The van der Waals surface area contributed by atoms with Crippen LogP contribution in [0, 0.1) is 0 Å². The Hall–Kier alpha value is -1.48. The van der Waals surface area contributed by atoms with Crippen molar-refractivity contribution in [2.75, 3.05) is 6.54 Å². The van der Waals surface area contributed by atoms with Crippen LogP contribution in [0.25, 0.3) is 0 Å². The molecule has 1 atom stereocenters. The average molecular weight is 274 g/mol. The quantitative estimate of drug-likeness (QED) is 0.712. The SMILES string of the molecule is CCCCCCCCN1C=CNC1(O)c1ccccc1. The molecule has 0 aliphatic carbocycles. The monoisotopic (exact) mass is 274 g/mol. The van der Waals surface area contributed by atoms with Crippen LogP contribution in [0.15, 0.2) is 42.7 Å². The molecule has 1 heterocycles. The van der Waals surface area contributed by atoms with Gasteiger partial charge in [-0.25, -0.2) is 0 Å². The van der Waals surface area contributed by atoms with Crippen LogP contribution >= 0.6 is 0 Å². The minimum atomic E-state index is -1.08. The average Bonchev–Trinajstić information content (AvgIpc) is 2.86. The number of unbranched alkanes of at least 4 members (excludes halogenated alkanes) is 5. The largest absolute Gasteiger partial charge is 0.350 e. The molecule has 1 aliphatic rings. The summed E-state index contributed by atoms with van der Waals surface area (Å²) in [6.45, 7) is 3.11. The molecule has 0 bridgehead atoms. The Bertz CT molecular complexity index is 418. The highest BCUT2D eigenvalue weighted by Crippen LogP contribution is 2.27. The lowest BCUT2D eigenvalue weighted by Gasteiger charge is -2.35. The molecule has 0 amide bonds. The van der Waals surface area contributed by atoms with Crippen LogP contribution in [0.2, 0.25) is 0 Å². The zero-order chi connectivity index (χ0) is 14.3. The Balaban J connectivity index is 1.83. The van der Waals surface area contributed by atoms with Crippen molar-refractivity contribution < 1.29 is 5.11 Å². The van der Waals surface area contributed by atoms with E-state index in [0.717, 1.165) is 18.5 Å². The lowest BCUT2D eigenvalue weighted by molar-refractivity contribution is -0.0959. The Morgan fingerprint density at radius 1 is 1.05 bits per heavy atom. The molecular formula is C17H26N2O. The molecule has 2 rings (SSSR count). The van der Waals surface area contributed by atoms with Gasteiger partial charge in [0.1, 0.15) is 0 Å². The molecule has 0 saturated heterocycles. The third-order valence-corrected chi connectivity index (χ3v) is 3.88. The summed E-state index contributed by atoms with van der Waals surface area (Å²) >= 11 is 0. The van der Waals surface area contributed by atoms with Crippen LogP contribution in [0.3, 0.4) is 0 Å². The fourth-order valence-electron chi connectivity index (χ4n) is 2.65. The molecule has 2 N–H and O–H groups in total. The summed E-state index contributed by atoms with van der Waals surface area (Å²) in [5.74, 6) is -1.08. The van der Waals surface area contributed by atoms with Crippen molar-refractivity contribution in [3.05, 3.63) is 48.3 Å². The van der Waals surface area contributed by atoms with Crippen LogP contribution < -0.4 is 5.32 Å². The summed E-state index contributed by atoms with van der Waals surface area (Å²) in [5.41, 5.74) is 0.885. The maximum Gasteiger partial charge on any atom is 0.243 e. The zero-order valence-electron chi connectivity index (χ0n) is 12.4. The molecule has 0 saturated carbocycles. The molecule has 1 aromatic rings. The van der Waals surface area contributed by atoms with Gasteiger partial charge in [-0.3, -0.25) is 0 Å². The van der Waals surface area contributed by atoms with E-state index in [9.17, 15) is 5.11 Å². The number of rotatable bonds is 8. The smallest absolute Gasteiger partial charge is 0.243 e. The molecule has 0 aromatic heterocycles. The van der Waals surface area contributed by atoms with Gasteiger partial charge in [0, 0.05) is 24.5 Å². The van der Waals surface area contributed by atoms with E-state index < -0.39 is 5.85 Å². The normalized spacial score (nSPS) is 21.2. The van der Waals surface area contributed by atoms with Crippen molar-refractivity contribution in [2.24, 2.45) is 0 Å². The molecule has 0 fully saturated rings. The number of hydrogen-bond acceptors (Lipinski definition) is 3. The first-order valence-electron chi connectivity index (χ1n) is 7.76. The van der Waals surface area contributed by atoms with Gasteiger partial charge in [-0.15, -0.1) is 0 Å². The second kappa shape index (κ2) is 7.34. The van der Waals surface area contributed by atoms with E-state index in [1.807, 2.05) is 47.6 Å². The standard InChI is InChI=1S/C17H26N2O/c1-2-3-4-5-6-10-14-19-15-13-18-17(19,20)16-11-8-7-9-12-16/h7-9,11-13,15,18,20H,2-6,10,14H2,1H3. The lowest BCUT2D eigenvalue weighted by atomic mass is 10.1. The fourth-order valence-corrected chi connectivity index (χ4v) is 2.65. The van der Waals surface area contributed by atoms with Crippen LogP contribution in [-0.2, 0) is 5.85 Å². The van der Waals surface area contributed by atoms with Gasteiger partial charge in [0.05, 0.1) is 0 Å². The summed E-state index contributed by atoms with van der Waals surface area (Å²) in [6, 6.07) is 9.78. The van der Waals surface area contributed by atoms with E-state index in [4.69, 9.17) is 0 Å². The van der Waals surface area contributed by atoms with Gasteiger partial charge in [-0.1, -0.05) is 69.4 Å². The van der Waals surface area contributed by atoms with Crippen LogP contribution in [0.4, 0.5) is 0 Å². The minimum Gasteiger partial charge on any atom is -0.350 e. The van der Waals surface area contributed by atoms with E-state index in [-0.39, 0.29) is 0 Å². The predicted molar refractivity (Wildman–Crippen MR) is 82.7 cm³/mol. The molecule has 3 heteroatoms. The molecule has 110 valence electrons. The first-order valence-corrected chi connectivity index (χ1v) is 7.76. The number of nitrogens with one attached hydrogen (secondary N) is 1. The fraction of sp³-hybridized carbons (Fsp3) is 0.529. The number of hydrogen-bond donors (Lipinski definition) is 2. The predicted octanol–water partition coefficient (Wildman–Crippen LogP) is 3.53. The van der Waals surface area contributed by atoms with Crippen LogP contribution in [-0.4, -0.2) is 16.6 Å². The van der Waals surface area contributed by atoms with Gasteiger partial charge in [-0.05, 0) is 6.42 Å². The third kappa shape index (κ3) is 3.54. The molecule has 1 aromatic carbocycles. The van der Waals surface area contributed by atoms with Crippen LogP contribution in [0.5, 0.6) is 0 Å². The molecule has 20 heavy (non-hydrogen) atoms. The molecule has 1 aliphatic heterocycles. The van der Waals surface area contributed by atoms with E-state index in [1.54, 1.807) is 0 Å². The topological polar surface area (TPSA) is 35.5 Å². The molecule has 3 nitrogen and oxygen atoms in total. The summed E-state index contributed by atoms with van der Waals surface area (Å²) in [5, 5.41) is 13.9. The highest BCUT2D eigenvalue weighted by atomic mass is 16.3. The van der Waals surface area contributed by atoms with E-state index in [0.29, 0.717) is 0 Å². The molecular weight excluding hydrogens is 248 g/mol. The maximum absolute atomic E-state index is 10.8. The zero-order valence-corrected chi connectivity index (χ0v) is 12.4. The Kier molecular flexibility index (Phi) is 5.48. The summed E-state index contributed by atoms with van der Waals surface area (Å²) in [7, 11) is 0. The van der Waals surface area contributed by atoms with E-state index in [2.05, 4.69) is 12.2 Å². The van der Waals surface area contributed by atoms with Crippen molar-refractivity contribution in [3.8, 4) is 0 Å². The second-order valence-corrected chi connectivity index (χ2v) is 5.46. The van der Waals surface area contributed by atoms with E-state index in [1.165, 1.54) is 32.1 Å². The molecule has 1 unspecified atom stereocenters. The third-order valence-electron chi connectivity index (χ3n) is 3.88. The Morgan fingerprint density at radius 2 is 1.75 bits per heavy atom. The summed E-state index contributed by atoms with van der Waals surface area (Å²) in [6.07, 6.45) is 11.4. The number of benzene rings is 1. The first-order chi connectivity index (χ1) is 9.77. The molecule has 0 spiro atoms. The van der Waals surface area contributed by atoms with Crippen molar-refractivity contribution in [2.45, 2.75) is 51.3 Å².